The smallest absolute Gasteiger partial charge is 0.243 e. The maximum absolute atomic E-state index is 13.4. The molecule has 1 N–H and O–H groups in total. The first-order chi connectivity index (χ1) is 13.7. The maximum Gasteiger partial charge on any atom is 0.243 e. The maximum atomic E-state index is 13.4. The number of nitrogens with one attached hydrogen (secondary N) is 1. The predicted molar refractivity (Wildman–Crippen MR) is 111 cm³/mol. The van der Waals surface area contributed by atoms with Crippen molar-refractivity contribution in [3.8, 4) is 0 Å². The van der Waals surface area contributed by atoms with E-state index in [9.17, 15) is 13.2 Å². The highest BCUT2D eigenvalue weighted by molar-refractivity contribution is 7.89. The lowest BCUT2D eigenvalue weighted by Crippen LogP contribution is -2.45. The van der Waals surface area contributed by atoms with Gasteiger partial charge in [0, 0.05) is 12.1 Å². The quantitative estimate of drug-likeness (QED) is 0.766. The molecule has 1 aromatic carbocycles. The average molecular weight is 420 g/mol. The van der Waals surface area contributed by atoms with Crippen molar-refractivity contribution in [2.45, 2.75) is 69.2 Å². The molecule has 1 aliphatic rings. The summed E-state index contributed by atoms with van der Waals surface area (Å²) in [6.45, 7) is 6.00. The number of aromatic nitrogens is 1. The molecule has 0 aliphatic heterocycles. The van der Waals surface area contributed by atoms with Crippen LogP contribution in [0.1, 0.15) is 58.4 Å². The summed E-state index contributed by atoms with van der Waals surface area (Å²) in [6, 6.07) is 8.31. The third kappa shape index (κ3) is 5.25. The molecule has 0 unspecified atom stereocenters. The van der Waals surface area contributed by atoms with Crippen molar-refractivity contribution in [1.82, 2.24) is 9.46 Å². The van der Waals surface area contributed by atoms with Crippen LogP contribution in [0.15, 0.2) is 46.0 Å². The van der Waals surface area contributed by atoms with Gasteiger partial charge in [-0.05, 0) is 36.0 Å². The van der Waals surface area contributed by atoms with E-state index >= 15 is 0 Å². The van der Waals surface area contributed by atoms with Gasteiger partial charge in [-0.2, -0.15) is 4.31 Å². The largest absolute Gasteiger partial charge is 0.363 e. The van der Waals surface area contributed by atoms with Gasteiger partial charge in [0.1, 0.15) is 6.26 Å². The molecule has 0 atom stereocenters. The second-order valence-corrected chi connectivity index (χ2v) is 10.4. The van der Waals surface area contributed by atoms with E-state index in [-0.39, 0.29) is 28.7 Å². The normalized spacial score (nSPS) is 16.1. The van der Waals surface area contributed by atoms with Crippen molar-refractivity contribution in [2.75, 3.05) is 11.9 Å². The molecule has 1 saturated carbocycles. The molecule has 0 spiro atoms. The van der Waals surface area contributed by atoms with Crippen molar-refractivity contribution >= 4 is 21.7 Å². The molecule has 1 aliphatic carbocycles. The number of sulfonamides is 1. The molecule has 0 radical (unpaired) electrons. The van der Waals surface area contributed by atoms with E-state index in [4.69, 9.17) is 4.52 Å². The summed E-state index contributed by atoms with van der Waals surface area (Å²) in [5, 5.41) is 6.25. The Morgan fingerprint density at radius 2 is 1.79 bits per heavy atom. The van der Waals surface area contributed by atoms with Crippen molar-refractivity contribution in [2.24, 2.45) is 0 Å². The standard InChI is InChI=1S/C21H29N3O4S/c1-21(2,3)16-9-11-18(12-10-16)29(26,27)24(17-7-5-4-6-8-17)15-20(25)22-19-13-14-28-23-19/h9-14,17H,4-8,15H2,1-3H3,(H,22,23,25). The number of hydrogen-bond donors (Lipinski definition) is 1. The second kappa shape index (κ2) is 8.67. The zero-order valence-electron chi connectivity index (χ0n) is 17.2. The number of hydrogen-bond acceptors (Lipinski definition) is 5. The third-order valence-electron chi connectivity index (χ3n) is 5.31. The summed E-state index contributed by atoms with van der Waals surface area (Å²) in [6.07, 6.45) is 5.89. The van der Waals surface area contributed by atoms with Gasteiger partial charge in [-0.15, -0.1) is 0 Å². The Labute approximate surface area is 172 Å². The molecule has 1 fully saturated rings. The zero-order chi connectivity index (χ0) is 21.1. The number of rotatable bonds is 6. The van der Waals surface area contributed by atoms with Gasteiger partial charge in [0.25, 0.3) is 0 Å². The number of benzene rings is 1. The zero-order valence-corrected chi connectivity index (χ0v) is 18.0. The van der Waals surface area contributed by atoms with Crippen LogP contribution >= 0.6 is 0 Å². The van der Waals surface area contributed by atoms with E-state index in [1.54, 1.807) is 12.1 Å². The number of carbonyl (C=O) groups is 1. The van der Waals surface area contributed by atoms with Gasteiger partial charge in [0.05, 0.1) is 11.4 Å². The molecule has 158 valence electrons. The molecular weight excluding hydrogens is 390 g/mol. The van der Waals surface area contributed by atoms with Crippen LogP contribution < -0.4 is 5.32 Å². The third-order valence-corrected chi connectivity index (χ3v) is 7.23. The Morgan fingerprint density at radius 3 is 2.34 bits per heavy atom. The first kappa shape index (κ1) is 21.5. The molecule has 1 heterocycles. The van der Waals surface area contributed by atoms with E-state index in [1.165, 1.54) is 16.6 Å². The van der Waals surface area contributed by atoms with Gasteiger partial charge >= 0.3 is 0 Å². The van der Waals surface area contributed by atoms with Crippen LogP contribution in [-0.4, -0.2) is 36.4 Å². The van der Waals surface area contributed by atoms with Crippen LogP contribution in [0, 0.1) is 0 Å². The molecule has 3 rings (SSSR count). The van der Waals surface area contributed by atoms with E-state index in [0.29, 0.717) is 0 Å². The van der Waals surface area contributed by atoms with Gasteiger partial charge in [-0.25, -0.2) is 8.42 Å². The summed E-state index contributed by atoms with van der Waals surface area (Å²) < 4.78 is 33.0. The highest BCUT2D eigenvalue weighted by Gasteiger charge is 2.34. The molecule has 2 aromatic rings. The molecule has 0 saturated heterocycles. The van der Waals surface area contributed by atoms with Crippen LogP contribution in [0.2, 0.25) is 0 Å². The fourth-order valence-electron chi connectivity index (χ4n) is 3.64. The molecule has 1 amide bonds. The Balaban J connectivity index is 1.86. The number of amides is 1. The van der Waals surface area contributed by atoms with E-state index in [2.05, 4.69) is 31.2 Å². The topological polar surface area (TPSA) is 92.5 Å². The number of nitrogens with zero attached hydrogens (tertiary/aromatic N) is 2. The Hall–Kier alpha value is -2.19. The Kier molecular flexibility index (Phi) is 6.43. The first-order valence-electron chi connectivity index (χ1n) is 10.0. The summed E-state index contributed by atoms with van der Waals surface area (Å²) in [7, 11) is -3.81. The van der Waals surface area contributed by atoms with Gasteiger partial charge in [0.15, 0.2) is 5.82 Å². The first-order valence-corrected chi connectivity index (χ1v) is 11.4. The van der Waals surface area contributed by atoms with Gasteiger partial charge in [-0.1, -0.05) is 57.3 Å². The number of carbonyl (C=O) groups excluding carboxylic acids is 1. The summed E-state index contributed by atoms with van der Waals surface area (Å²) in [4.78, 5) is 12.7. The van der Waals surface area contributed by atoms with Crippen LogP contribution in [0.3, 0.4) is 0 Å². The van der Waals surface area contributed by atoms with Crippen molar-refractivity contribution < 1.29 is 17.7 Å². The van der Waals surface area contributed by atoms with Crippen molar-refractivity contribution in [1.29, 1.82) is 0 Å². The summed E-state index contributed by atoms with van der Waals surface area (Å²) >= 11 is 0. The van der Waals surface area contributed by atoms with E-state index < -0.39 is 15.9 Å². The minimum atomic E-state index is -3.81. The lowest BCUT2D eigenvalue weighted by molar-refractivity contribution is -0.116. The number of anilines is 1. The van der Waals surface area contributed by atoms with Crippen molar-refractivity contribution in [3.05, 3.63) is 42.2 Å². The molecule has 29 heavy (non-hydrogen) atoms. The van der Waals surface area contributed by atoms with Crippen LogP contribution in [0.25, 0.3) is 0 Å². The lowest BCUT2D eigenvalue weighted by Gasteiger charge is -2.33. The van der Waals surface area contributed by atoms with E-state index in [0.717, 1.165) is 37.7 Å². The fraction of sp³-hybridized carbons (Fsp3) is 0.524. The molecule has 1 aromatic heterocycles. The molecule has 7 nitrogen and oxygen atoms in total. The average Bonchev–Trinajstić information content (AvgIpc) is 3.19. The Morgan fingerprint density at radius 1 is 1.14 bits per heavy atom. The monoisotopic (exact) mass is 419 g/mol. The van der Waals surface area contributed by atoms with Crippen LogP contribution in [0.5, 0.6) is 0 Å². The van der Waals surface area contributed by atoms with Gasteiger partial charge in [0.2, 0.25) is 15.9 Å². The minimum Gasteiger partial charge on any atom is -0.363 e. The van der Waals surface area contributed by atoms with Crippen molar-refractivity contribution in [3.63, 3.8) is 0 Å². The molecular formula is C21H29N3O4S. The highest BCUT2D eigenvalue weighted by Crippen LogP contribution is 2.29. The summed E-state index contributed by atoms with van der Waals surface area (Å²) in [5.74, 6) is -0.162. The lowest BCUT2D eigenvalue weighted by atomic mass is 9.87. The molecule has 0 bridgehead atoms. The predicted octanol–water partition coefficient (Wildman–Crippen LogP) is 3.93. The molecule has 8 heteroatoms. The van der Waals surface area contributed by atoms with Gasteiger partial charge in [-0.3, -0.25) is 4.79 Å². The van der Waals surface area contributed by atoms with Crippen LogP contribution in [0.4, 0.5) is 5.82 Å². The Bertz CT molecular complexity index is 910. The summed E-state index contributed by atoms with van der Waals surface area (Å²) in [5.41, 5.74) is 0.993. The second-order valence-electron chi connectivity index (χ2n) is 8.55. The highest BCUT2D eigenvalue weighted by atomic mass is 32.2. The van der Waals surface area contributed by atoms with Crippen LogP contribution in [-0.2, 0) is 20.2 Å². The van der Waals surface area contributed by atoms with Gasteiger partial charge < -0.3 is 9.84 Å². The van der Waals surface area contributed by atoms with E-state index in [1.807, 2.05) is 12.1 Å². The SMILES string of the molecule is CC(C)(C)c1ccc(S(=O)(=O)N(CC(=O)Nc2ccon2)C2CCCCC2)cc1. The fourth-order valence-corrected chi connectivity index (χ4v) is 5.28. The minimum absolute atomic E-state index is 0.0666.